The lowest BCUT2D eigenvalue weighted by atomic mass is 9.82. The van der Waals surface area contributed by atoms with Crippen LogP contribution >= 0.6 is 0 Å². The van der Waals surface area contributed by atoms with Gasteiger partial charge in [-0.15, -0.1) is 0 Å². The highest BCUT2D eigenvalue weighted by molar-refractivity contribution is 5.98. The number of ketones is 1. The minimum absolute atomic E-state index is 0.145. The summed E-state index contributed by atoms with van der Waals surface area (Å²) in [7, 11) is 1.69. The molecule has 6 heteroatoms. The van der Waals surface area contributed by atoms with Crippen molar-refractivity contribution in [3.63, 3.8) is 0 Å². The Kier molecular flexibility index (Phi) is 5.52. The van der Waals surface area contributed by atoms with Gasteiger partial charge in [0.05, 0.1) is 18.4 Å². The number of methoxy groups -OCH3 is 1. The number of anilines is 2. The second-order valence-corrected chi connectivity index (χ2v) is 8.64. The molecule has 0 N–H and O–H groups in total. The van der Waals surface area contributed by atoms with Crippen molar-refractivity contribution >= 4 is 17.4 Å². The molecule has 0 saturated carbocycles. The monoisotopic (exact) mass is 428 g/mol. The molecule has 2 heterocycles. The number of rotatable bonds is 4. The van der Waals surface area contributed by atoms with E-state index in [0.29, 0.717) is 12.0 Å². The first-order valence-electron chi connectivity index (χ1n) is 11.2. The number of carbonyl (C=O) groups is 1. The Hall–Kier alpha value is -3.41. The molecule has 2 aromatic carbocycles. The Bertz CT molecular complexity index is 1120. The summed E-state index contributed by atoms with van der Waals surface area (Å²) < 4.78 is 5.36. The highest BCUT2D eigenvalue weighted by Gasteiger charge is 2.29. The van der Waals surface area contributed by atoms with Crippen molar-refractivity contribution in [2.24, 2.45) is 0 Å². The molecule has 0 radical (unpaired) electrons. The average molecular weight is 429 g/mol. The number of ether oxygens (including phenoxy) is 1. The number of aryl methyl sites for hydroxylation is 1. The summed E-state index contributed by atoms with van der Waals surface area (Å²) in [6, 6.07) is 16.7. The van der Waals surface area contributed by atoms with E-state index in [2.05, 4.69) is 58.1 Å². The molecule has 1 aliphatic heterocycles. The van der Waals surface area contributed by atoms with E-state index < -0.39 is 0 Å². The molecule has 0 unspecified atom stereocenters. The third-order valence-electron chi connectivity index (χ3n) is 6.56. The smallest absolute Gasteiger partial charge is 0.225 e. The lowest BCUT2D eigenvalue weighted by Gasteiger charge is -2.36. The summed E-state index contributed by atoms with van der Waals surface area (Å²) in [4.78, 5) is 26.8. The number of fused-ring (bicyclic) bond motifs is 1. The first kappa shape index (κ1) is 20.5. The number of Topliss-reactive ketones (excluding diaryl/α,β-unsaturated/α-hetero) is 1. The Morgan fingerprint density at radius 2 is 1.72 bits per heavy atom. The van der Waals surface area contributed by atoms with Gasteiger partial charge in [-0.05, 0) is 37.0 Å². The normalized spacial score (nSPS) is 18.4. The average Bonchev–Trinajstić information content (AvgIpc) is 2.84. The van der Waals surface area contributed by atoms with E-state index in [1.807, 2.05) is 12.1 Å². The maximum Gasteiger partial charge on any atom is 0.225 e. The van der Waals surface area contributed by atoms with Gasteiger partial charge in [-0.1, -0.05) is 35.9 Å². The van der Waals surface area contributed by atoms with Crippen molar-refractivity contribution in [2.45, 2.75) is 25.7 Å². The van der Waals surface area contributed by atoms with E-state index in [-0.39, 0.29) is 11.7 Å². The van der Waals surface area contributed by atoms with Gasteiger partial charge in [0, 0.05) is 50.6 Å². The molecule has 2 aliphatic rings. The highest BCUT2D eigenvalue weighted by atomic mass is 16.5. The van der Waals surface area contributed by atoms with Crippen molar-refractivity contribution < 1.29 is 9.53 Å². The number of carbonyl (C=O) groups excluding carboxylic acids is 1. The molecule has 6 nitrogen and oxygen atoms in total. The quantitative estimate of drug-likeness (QED) is 0.625. The van der Waals surface area contributed by atoms with Crippen molar-refractivity contribution in [1.82, 2.24) is 9.97 Å². The van der Waals surface area contributed by atoms with Gasteiger partial charge in [0.2, 0.25) is 5.95 Å². The van der Waals surface area contributed by atoms with E-state index in [1.54, 1.807) is 13.3 Å². The van der Waals surface area contributed by atoms with Crippen LogP contribution in [0.2, 0.25) is 0 Å². The molecule has 1 fully saturated rings. The first-order valence-corrected chi connectivity index (χ1v) is 11.2. The molecule has 0 bridgehead atoms. The van der Waals surface area contributed by atoms with Crippen LogP contribution in [0, 0.1) is 6.92 Å². The fourth-order valence-corrected chi connectivity index (χ4v) is 4.63. The van der Waals surface area contributed by atoms with Crippen molar-refractivity contribution in [3.8, 4) is 5.75 Å². The summed E-state index contributed by atoms with van der Waals surface area (Å²) in [5, 5.41) is 0. The number of hydrogen-bond donors (Lipinski definition) is 0. The third kappa shape index (κ3) is 4.05. The first-order chi connectivity index (χ1) is 15.6. The maximum absolute atomic E-state index is 12.8. The zero-order valence-electron chi connectivity index (χ0n) is 18.6. The molecule has 1 aromatic heterocycles. The summed E-state index contributed by atoms with van der Waals surface area (Å²) in [5.74, 6) is 1.93. The number of nitrogens with zero attached hydrogens (tertiary/aromatic N) is 4. The van der Waals surface area contributed by atoms with Crippen LogP contribution in [-0.2, 0) is 6.42 Å². The summed E-state index contributed by atoms with van der Waals surface area (Å²) >= 11 is 0. The van der Waals surface area contributed by atoms with Crippen molar-refractivity contribution in [2.75, 3.05) is 43.1 Å². The lowest BCUT2D eigenvalue weighted by Crippen LogP contribution is -2.47. The van der Waals surface area contributed by atoms with Gasteiger partial charge in [-0.3, -0.25) is 4.79 Å². The van der Waals surface area contributed by atoms with E-state index in [9.17, 15) is 4.79 Å². The molecule has 1 saturated heterocycles. The predicted octanol–water partition coefficient (Wildman–Crippen LogP) is 4.03. The van der Waals surface area contributed by atoms with Crippen molar-refractivity contribution in [1.29, 1.82) is 0 Å². The molecule has 1 atom stereocenters. The standard InChI is InChI=1S/C26H28N4O2/c1-18-6-8-19(9-7-18)20-14-24-23(25(31)15-20)17-27-26(28-24)30-12-10-29(11-13-30)21-4-3-5-22(16-21)32-2/h3-9,16-17,20H,10-15H2,1-2H3/t20-/m1/s1. The predicted molar refractivity (Wildman–Crippen MR) is 126 cm³/mol. The van der Waals surface area contributed by atoms with Crippen LogP contribution in [0.5, 0.6) is 5.75 Å². The second kappa shape index (κ2) is 8.61. The molecule has 0 spiro atoms. The molecule has 3 aromatic rings. The minimum atomic E-state index is 0.145. The number of piperazine rings is 1. The Labute approximate surface area is 188 Å². The molecular weight excluding hydrogens is 400 g/mol. The van der Waals surface area contributed by atoms with Gasteiger partial charge >= 0.3 is 0 Å². The van der Waals surface area contributed by atoms with Crippen LogP contribution in [0.3, 0.4) is 0 Å². The van der Waals surface area contributed by atoms with Gasteiger partial charge in [-0.25, -0.2) is 9.97 Å². The maximum atomic E-state index is 12.8. The van der Waals surface area contributed by atoms with Crippen molar-refractivity contribution in [3.05, 3.63) is 77.1 Å². The Morgan fingerprint density at radius 1 is 0.969 bits per heavy atom. The molecule has 1 aliphatic carbocycles. The second-order valence-electron chi connectivity index (χ2n) is 8.64. The zero-order valence-corrected chi connectivity index (χ0v) is 18.6. The largest absolute Gasteiger partial charge is 0.497 e. The van der Waals surface area contributed by atoms with E-state index in [4.69, 9.17) is 9.72 Å². The van der Waals surface area contributed by atoms with Crippen LogP contribution in [0.1, 0.15) is 39.5 Å². The lowest BCUT2D eigenvalue weighted by molar-refractivity contribution is 0.0962. The van der Waals surface area contributed by atoms with Gasteiger partial charge in [-0.2, -0.15) is 0 Å². The number of hydrogen-bond acceptors (Lipinski definition) is 6. The van der Waals surface area contributed by atoms with E-state index in [0.717, 1.165) is 50.0 Å². The fourth-order valence-electron chi connectivity index (χ4n) is 4.63. The molecule has 164 valence electrons. The summed E-state index contributed by atoms with van der Waals surface area (Å²) in [5.41, 5.74) is 5.18. The highest BCUT2D eigenvalue weighted by Crippen LogP contribution is 2.32. The molecule has 0 amide bonds. The molecule has 5 rings (SSSR count). The fraction of sp³-hybridized carbons (Fsp3) is 0.346. The van der Waals surface area contributed by atoms with Crippen LogP contribution in [0.4, 0.5) is 11.6 Å². The summed E-state index contributed by atoms with van der Waals surface area (Å²) in [6.07, 6.45) is 3.04. The van der Waals surface area contributed by atoms with E-state index >= 15 is 0 Å². The Morgan fingerprint density at radius 3 is 2.47 bits per heavy atom. The van der Waals surface area contributed by atoms with Crippen LogP contribution in [-0.4, -0.2) is 49.0 Å². The Balaban J connectivity index is 1.30. The zero-order chi connectivity index (χ0) is 22.1. The van der Waals surface area contributed by atoms with E-state index in [1.165, 1.54) is 16.8 Å². The van der Waals surface area contributed by atoms with Gasteiger partial charge in [0.15, 0.2) is 5.78 Å². The SMILES string of the molecule is COc1cccc(N2CCN(c3ncc4c(n3)C[C@@H](c3ccc(C)cc3)CC4=O)CC2)c1. The van der Waals surface area contributed by atoms with Crippen LogP contribution < -0.4 is 14.5 Å². The minimum Gasteiger partial charge on any atom is -0.497 e. The molecular formula is C26H28N4O2. The third-order valence-corrected chi connectivity index (χ3v) is 6.56. The number of benzene rings is 2. The molecule has 32 heavy (non-hydrogen) atoms. The van der Waals surface area contributed by atoms with Gasteiger partial charge in [0.1, 0.15) is 5.75 Å². The van der Waals surface area contributed by atoms with Gasteiger partial charge in [0.25, 0.3) is 0 Å². The topological polar surface area (TPSA) is 58.6 Å². The van der Waals surface area contributed by atoms with Gasteiger partial charge < -0.3 is 14.5 Å². The van der Waals surface area contributed by atoms with Crippen LogP contribution in [0.25, 0.3) is 0 Å². The number of aromatic nitrogens is 2. The van der Waals surface area contributed by atoms with Crippen LogP contribution in [0.15, 0.2) is 54.7 Å². The summed E-state index contributed by atoms with van der Waals surface area (Å²) in [6.45, 7) is 5.53.